The fraction of sp³-hybridized carbons (Fsp3) is 0.172. The number of fused-ring (bicyclic) bond motifs is 2. The van der Waals surface area contributed by atoms with Crippen LogP contribution in [0.3, 0.4) is 0 Å². The molecule has 0 spiro atoms. The molecule has 1 aliphatic carbocycles. The van der Waals surface area contributed by atoms with Crippen LogP contribution in [0.15, 0.2) is 78.4 Å². The molecule has 0 amide bonds. The van der Waals surface area contributed by atoms with Crippen LogP contribution in [0, 0.1) is 0 Å². The molecule has 1 nitrogen and oxygen atoms in total. The van der Waals surface area contributed by atoms with E-state index in [2.05, 4.69) is 77.7 Å². The van der Waals surface area contributed by atoms with Crippen LogP contribution in [-0.4, -0.2) is 24.5 Å². The molecule has 0 unspecified atom stereocenters. The van der Waals surface area contributed by atoms with Gasteiger partial charge in [-0.15, -0.1) is 0 Å². The Hall–Kier alpha value is -2.58. The summed E-state index contributed by atoms with van der Waals surface area (Å²) in [6.07, 6.45) is 11.0. The number of hydrogen-bond acceptors (Lipinski definition) is 1. The molecule has 0 atom stereocenters. The summed E-state index contributed by atoms with van der Waals surface area (Å²) >= 11 is 12.1. The van der Waals surface area contributed by atoms with Crippen molar-refractivity contribution in [3.8, 4) is 0 Å². The van der Waals surface area contributed by atoms with Gasteiger partial charge in [0, 0.05) is 19.6 Å². The summed E-state index contributed by atoms with van der Waals surface area (Å²) < 4.78 is 0. The molecule has 0 radical (unpaired) electrons. The number of rotatable bonds is 3. The van der Waals surface area contributed by atoms with E-state index in [0.717, 1.165) is 38.0 Å². The van der Waals surface area contributed by atoms with E-state index in [4.69, 9.17) is 23.2 Å². The monoisotopic (exact) mass is 457 g/mol. The van der Waals surface area contributed by atoms with Gasteiger partial charge in [-0.1, -0.05) is 108 Å². The summed E-state index contributed by atoms with van der Waals surface area (Å²) in [4.78, 5) is 2.52. The highest BCUT2D eigenvalue weighted by Crippen LogP contribution is 2.38. The SMILES string of the molecule is Clc1ccc(C=CCN2CCC(=C3c4ccccc4C=Cc4ccccc43)CC2)cc1Cl. The van der Waals surface area contributed by atoms with Gasteiger partial charge in [-0.2, -0.15) is 0 Å². The third-order valence-corrected chi connectivity index (χ3v) is 7.07. The second-order valence-corrected chi connectivity index (χ2v) is 9.18. The molecular weight excluding hydrogens is 433 g/mol. The molecule has 1 saturated heterocycles. The fourth-order valence-corrected chi connectivity index (χ4v) is 4.96. The van der Waals surface area contributed by atoms with E-state index in [9.17, 15) is 0 Å². The van der Waals surface area contributed by atoms with Gasteiger partial charge in [0.25, 0.3) is 0 Å². The average molecular weight is 458 g/mol. The van der Waals surface area contributed by atoms with Crippen LogP contribution < -0.4 is 0 Å². The zero-order chi connectivity index (χ0) is 21.9. The van der Waals surface area contributed by atoms with E-state index in [1.807, 2.05) is 18.2 Å². The minimum atomic E-state index is 0.595. The van der Waals surface area contributed by atoms with Crippen molar-refractivity contribution >= 4 is 47.0 Å². The lowest BCUT2D eigenvalue weighted by atomic mass is 9.86. The Bertz CT molecular complexity index is 1170. The Balaban J connectivity index is 1.35. The van der Waals surface area contributed by atoms with Crippen molar-refractivity contribution in [1.82, 2.24) is 4.90 Å². The molecule has 32 heavy (non-hydrogen) atoms. The Kier molecular flexibility index (Phi) is 6.32. The molecule has 2 aliphatic rings. The molecule has 3 heteroatoms. The lowest BCUT2D eigenvalue weighted by Crippen LogP contribution is -2.31. The van der Waals surface area contributed by atoms with E-state index in [-0.39, 0.29) is 0 Å². The van der Waals surface area contributed by atoms with Gasteiger partial charge in [-0.25, -0.2) is 0 Å². The van der Waals surface area contributed by atoms with Crippen molar-refractivity contribution in [3.05, 3.63) is 116 Å². The highest BCUT2D eigenvalue weighted by Gasteiger charge is 2.22. The van der Waals surface area contributed by atoms with E-state index >= 15 is 0 Å². The van der Waals surface area contributed by atoms with Gasteiger partial charge in [0.2, 0.25) is 0 Å². The van der Waals surface area contributed by atoms with Gasteiger partial charge < -0.3 is 0 Å². The van der Waals surface area contributed by atoms with Gasteiger partial charge in [-0.05, 0) is 58.4 Å². The number of likely N-dealkylation sites (tertiary alicyclic amines) is 1. The average Bonchev–Trinajstić information content (AvgIpc) is 2.99. The van der Waals surface area contributed by atoms with Crippen molar-refractivity contribution in [1.29, 1.82) is 0 Å². The third-order valence-electron chi connectivity index (χ3n) is 6.33. The van der Waals surface area contributed by atoms with Crippen molar-refractivity contribution in [2.45, 2.75) is 12.8 Å². The van der Waals surface area contributed by atoms with Gasteiger partial charge in [0.05, 0.1) is 10.0 Å². The van der Waals surface area contributed by atoms with Crippen LogP contribution in [0.4, 0.5) is 0 Å². The summed E-state index contributed by atoms with van der Waals surface area (Å²) in [6.45, 7) is 3.09. The molecule has 160 valence electrons. The zero-order valence-corrected chi connectivity index (χ0v) is 19.4. The third kappa shape index (κ3) is 4.47. The van der Waals surface area contributed by atoms with Crippen LogP contribution >= 0.6 is 23.2 Å². The summed E-state index contributed by atoms with van der Waals surface area (Å²) in [5.41, 5.74) is 9.41. The quantitative estimate of drug-likeness (QED) is 0.300. The predicted molar refractivity (Wildman–Crippen MR) is 139 cm³/mol. The summed E-state index contributed by atoms with van der Waals surface area (Å²) in [5, 5.41) is 1.19. The van der Waals surface area contributed by atoms with Crippen LogP contribution in [0.1, 0.15) is 40.7 Å². The van der Waals surface area contributed by atoms with Gasteiger partial charge >= 0.3 is 0 Å². The molecule has 1 heterocycles. The first-order chi connectivity index (χ1) is 15.7. The largest absolute Gasteiger partial charge is 0.299 e. The highest BCUT2D eigenvalue weighted by molar-refractivity contribution is 6.42. The molecule has 1 fully saturated rings. The van der Waals surface area contributed by atoms with Gasteiger partial charge in [0.1, 0.15) is 0 Å². The normalized spacial score (nSPS) is 16.2. The molecule has 0 aromatic heterocycles. The summed E-state index contributed by atoms with van der Waals surface area (Å²) in [7, 11) is 0. The van der Waals surface area contributed by atoms with Crippen molar-refractivity contribution in [2.75, 3.05) is 19.6 Å². The van der Waals surface area contributed by atoms with Crippen molar-refractivity contribution < 1.29 is 0 Å². The van der Waals surface area contributed by atoms with Crippen LogP contribution in [0.5, 0.6) is 0 Å². The number of benzene rings is 3. The smallest absolute Gasteiger partial charge is 0.0598 e. The lowest BCUT2D eigenvalue weighted by molar-refractivity contribution is 0.284. The molecule has 5 rings (SSSR count). The van der Waals surface area contributed by atoms with Crippen LogP contribution in [0.25, 0.3) is 23.8 Å². The summed E-state index contributed by atoms with van der Waals surface area (Å²) in [5.74, 6) is 0. The topological polar surface area (TPSA) is 3.24 Å². The predicted octanol–water partition coefficient (Wildman–Crippen LogP) is 8.09. The fourth-order valence-electron chi connectivity index (χ4n) is 4.66. The van der Waals surface area contributed by atoms with E-state index in [1.165, 1.54) is 27.8 Å². The van der Waals surface area contributed by atoms with Crippen molar-refractivity contribution in [3.63, 3.8) is 0 Å². The van der Waals surface area contributed by atoms with E-state index < -0.39 is 0 Å². The van der Waals surface area contributed by atoms with E-state index in [0.29, 0.717) is 10.0 Å². The number of piperidine rings is 1. The van der Waals surface area contributed by atoms with Gasteiger partial charge in [-0.3, -0.25) is 4.90 Å². The maximum Gasteiger partial charge on any atom is 0.0598 e. The standard InChI is InChI=1S/C29H25Cl2N/c30-27-14-11-21(20-28(27)31)6-5-17-32-18-15-24(16-19-32)29-25-9-3-1-7-22(25)12-13-23-8-2-4-10-26(23)29/h1-14,20H,15-19H2. The lowest BCUT2D eigenvalue weighted by Gasteiger charge is -2.29. The Morgan fingerprint density at radius 2 is 1.38 bits per heavy atom. The van der Waals surface area contributed by atoms with Crippen LogP contribution in [-0.2, 0) is 0 Å². The van der Waals surface area contributed by atoms with E-state index in [1.54, 1.807) is 5.57 Å². The number of hydrogen-bond donors (Lipinski definition) is 0. The first-order valence-electron chi connectivity index (χ1n) is 11.1. The number of nitrogens with zero attached hydrogens (tertiary/aromatic N) is 1. The summed E-state index contributed by atoms with van der Waals surface area (Å²) in [6, 6.07) is 23.3. The molecule has 1 aliphatic heterocycles. The Morgan fingerprint density at radius 1 is 0.750 bits per heavy atom. The molecule has 0 saturated carbocycles. The molecular formula is C29H25Cl2N. The van der Waals surface area contributed by atoms with Crippen LogP contribution in [0.2, 0.25) is 10.0 Å². The Morgan fingerprint density at radius 3 is 2.00 bits per heavy atom. The first-order valence-corrected chi connectivity index (χ1v) is 11.9. The molecule has 3 aromatic rings. The zero-order valence-electron chi connectivity index (χ0n) is 17.9. The maximum absolute atomic E-state index is 6.13. The second kappa shape index (κ2) is 9.50. The van der Waals surface area contributed by atoms with Crippen molar-refractivity contribution in [2.24, 2.45) is 0 Å². The number of halogens is 2. The maximum atomic E-state index is 6.13. The Labute approximate surface area is 200 Å². The minimum absolute atomic E-state index is 0.595. The highest BCUT2D eigenvalue weighted by atomic mass is 35.5. The second-order valence-electron chi connectivity index (χ2n) is 8.36. The minimum Gasteiger partial charge on any atom is -0.299 e. The van der Waals surface area contributed by atoms with Gasteiger partial charge in [0.15, 0.2) is 0 Å². The molecule has 0 N–H and O–H groups in total. The molecule has 3 aromatic carbocycles. The first kappa shape index (κ1) is 21.3. The molecule has 0 bridgehead atoms.